The second kappa shape index (κ2) is 8.08. The van der Waals surface area contributed by atoms with E-state index in [2.05, 4.69) is 4.99 Å². The highest BCUT2D eigenvalue weighted by atomic mass is 14.7. The third kappa shape index (κ3) is 10.1. The molecule has 0 aromatic heterocycles. The average molecular weight is 140 g/mol. The molecule has 1 N–H and O–H groups in total. The van der Waals surface area contributed by atoms with Crippen LogP contribution in [0.2, 0.25) is 0 Å². The number of hydrogen-bond donors (Lipinski definition) is 1. The minimum atomic E-state index is 0. The lowest BCUT2D eigenvalue weighted by molar-refractivity contribution is 1.14. The Labute approximate surface area is 63.2 Å². The number of nitrogens with zero attached hydrogens (tertiary/aromatic N) is 1. The van der Waals surface area contributed by atoms with Crippen molar-refractivity contribution in [2.75, 3.05) is 6.54 Å². The lowest BCUT2D eigenvalue weighted by Gasteiger charge is -1.78. The van der Waals surface area contributed by atoms with Crippen LogP contribution in [0.25, 0.3) is 0 Å². The van der Waals surface area contributed by atoms with Gasteiger partial charge in [0.05, 0.1) is 0 Å². The van der Waals surface area contributed by atoms with Gasteiger partial charge in [0.15, 0.2) is 0 Å². The fourth-order valence-corrected chi connectivity index (χ4v) is 0.354. The van der Waals surface area contributed by atoms with Crippen molar-refractivity contribution in [1.82, 2.24) is 0 Å². The SMILES string of the molecule is C.CCN=C/C=C\C(C)=N. The van der Waals surface area contributed by atoms with Crippen LogP contribution in [0.4, 0.5) is 0 Å². The average Bonchev–Trinajstić information content (AvgIpc) is 1.80. The molecule has 10 heavy (non-hydrogen) atoms. The maximum atomic E-state index is 6.98. The Morgan fingerprint density at radius 1 is 1.60 bits per heavy atom. The zero-order valence-corrected chi connectivity index (χ0v) is 5.89. The van der Waals surface area contributed by atoms with Crippen molar-refractivity contribution in [1.29, 1.82) is 5.41 Å². The van der Waals surface area contributed by atoms with Gasteiger partial charge in [-0.25, -0.2) is 0 Å². The third-order valence-electron chi connectivity index (χ3n) is 0.720. The van der Waals surface area contributed by atoms with E-state index in [1.165, 1.54) is 0 Å². The minimum absolute atomic E-state index is 0. The summed E-state index contributed by atoms with van der Waals surface area (Å²) < 4.78 is 0. The molecule has 0 bridgehead atoms. The van der Waals surface area contributed by atoms with Gasteiger partial charge in [-0.1, -0.05) is 7.43 Å². The number of aliphatic imine (C=N–C) groups is 1. The van der Waals surface area contributed by atoms with Crippen molar-refractivity contribution in [2.45, 2.75) is 21.3 Å². The summed E-state index contributed by atoms with van der Waals surface area (Å²) in [4.78, 5) is 3.94. The van der Waals surface area contributed by atoms with E-state index < -0.39 is 0 Å². The van der Waals surface area contributed by atoms with E-state index in [1.807, 2.05) is 6.92 Å². The van der Waals surface area contributed by atoms with Crippen molar-refractivity contribution < 1.29 is 0 Å². The van der Waals surface area contributed by atoms with Crippen LogP contribution >= 0.6 is 0 Å². The first-order valence-electron chi connectivity index (χ1n) is 2.99. The molecule has 0 rings (SSSR count). The van der Waals surface area contributed by atoms with Crippen LogP contribution in [0.5, 0.6) is 0 Å². The molecule has 0 aliphatic heterocycles. The summed E-state index contributed by atoms with van der Waals surface area (Å²) in [6.45, 7) is 4.51. The molecule has 2 heteroatoms. The normalized spacial score (nSPS) is 10.2. The first-order chi connectivity index (χ1) is 4.27. The van der Waals surface area contributed by atoms with E-state index in [1.54, 1.807) is 25.3 Å². The maximum absolute atomic E-state index is 6.98. The van der Waals surface area contributed by atoms with Gasteiger partial charge in [-0.15, -0.1) is 0 Å². The molecule has 0 unspecified atom stereocenters. The largest absolute Gasteiger partial charge is 0.306 e. The molecule has 2 nitrogen and oxygen atoms in total. The number of allylic oxidation sites excluding steroid dienone is 2. The van der Waals surface area contributed by atoms with Crippen molar-refractivity contribution in [3.8, 4) is 0 Å². The molecule has 0 aliphatic rings. The molecule has 0 aromatic carbocycles. The highest BCUT2D eigenvalue weighted by molar-refractivity contribution is 5.93. The van der Waals surface area contributed by atoms with Crippen LogP contribution in [0.1, 0.15) is 21.3 Å². The predicted molar refractivity (Wildman–Crippen MR) is 48.3 cm³/mol. The van der Waals surface area contributed by atoms with Crippen molar-refractivity contribution in [3.63, 3.8) is 0 Å². The standard InChI is InChI=1S/C7H12N2.CH4/c1-3-9-6-4-5-7(2)8;/h4-6,8H,3H2,1-2H3;1H4/b5-4-,8-7?,9-6?;. The van der Waals surface area contributed by atoms with Crippen LogP contribution < -0.4 is 0 Å². The maximum Gasteiger partial charge on any atom is 0.0360 e. The topological polar surface area (TPSA) is 36.2 Å². The summed E-state index contributed by atoms with van der Waals surface area (Å²) in [7, 11) is 0. The summed E-state index contributed by atoms with van der Waals surface area (Å²) in [6, 6.07) is 0. The summed E-state index contributed by atoms with van der Waals surface area (Å²) >= 11 is 0. The van der Waals surface area contributed by atoms with Crippen LogP contribution in [0.15, 0.2) is 17.1 Å². The number of hydrogen-bond acceptors (Lipinski definition) is 2. The van der Waals surface area contributed by atoms with E-state index in [-0.39, 0.29) is 7.43 Å². The Morgan fingerprint density at radius 2 is 2.20 bits per heavy atom. The van der Waals surface area contributed by atoms with Crippen LogP contribution in [-0.2, 0) is 0 Å². The minimum Gasteiger partial charge on any atom is -0.306 e. The lowest BCUT2D eigenvalue weighted by atomic mass is 10.4. The Balaban J connectivity index is 0. The van der Waals surface area contributed by atoms with E-state index in [0.717, 1.165) is 6.54 Å². The molecule has 0 aromatic rings. The molecule has 0 amide bonds. The molecule has 58 valence electrons. The lowest BCUT2D eigenvalue weighted by Crippen LogP contribution is -1.78. The zero-order chi connectivity index (χ0) is 7.11. The summed E-state index contributed by atoms with van der Waals surface area (Å²) in [5.74, 6) is 0. The molecule has 0 atom stereocenters. The molecule has 0 fully saturated rings. The van der Waals surface area contributed by atoms with Crippen LogP contribution in [-0.4, -0.2) is 18.5 Å². The number of nitrogens with one attached hydrogen (secondary N) is 1. The first-order valence-corrected chi connectivity index (χ1v) is 2.99. The fourth-order valence-electron chi connectivity index (χ4n) is 0.354. The van der Waals surface area contributed by atoms with Gasteiger partial charge < -0.3 is 5.41 Å². The molecular weight excluding hydrogens is 124 g/mol. The van der Waals surface area contributed by atoms with Gasteiger partial charge in [0, 0.05) is 18.5 Å². The van der Waals surface area contributed by atoms with Crippen LogP contribution in [0.3, 0.4) is 0 Å². The summed E-state index contributed by atoms with van der Waals surface area (Å²) in [5.41, 5.74) is 0.553. The molecule has 0 saturated heterocycles. The van der Waals surface area contributed by atoms with Crippen molar-refractivity contribution >= 4 is 11.9 Å². The fraction of sp³-hybridized carbons (Fsp3) is 0.500. The quantitative estimate of drug-likeness (QED) is 0.584. The van der Waals surface area contributed by atoms with Gasteiger partial charge in [-0.3, -0.25) is 4.99 Å². The second-order valence-electron chi connectivity index (χ2n) is 1.69. The highest BCUT2D eigenvalue weighted by Crippen LogP contribution is 1.72. The first kappa shape index (κ1) is 11.8. The second-order valence-corrected chi connectivity index (χ2v) is 1.69. The van der Waals surface area contributed by atoms with Gasteiger partial charge in [-0.2, -0.15) is 0 Å². The van der Waals surface area contributed by atoms with Gasteiger partial charge in [0.1, 0.15) is 0 Å². The van der Waals surface area contributed by atoms with E-state index >= 15 is 0 Å². The Morgan fingerprint density at radius 3 is 2.60 bits per heavy atom. The molecule has 0 aliphatic carbocycles. The third-order valence-corrected chi connectivity index (χ3v) is 0.720. The molecular formula is C8H16N2. The Hall–Kier alpha value is -0.920. The van der Waals surface area contributed by atoms with Crippen LogP contribution in [0, 0.1) is 5.41 Å². The van der Waals surface area contributed by atoms with Crippen molar-refractivity contribution in [2.24, 2.45) is 4.99 Å². The Bertz CT molecular complexity index is 134. The monoisotopic (exact) mass is 140 g/mol. The smallest absolute Gasteiger partial charge is 0.0360 e. The molecule has 0 heterocycles. The van der Waals surface area contributed by atoms with E-state index in [4.69, 9.17) is 5.41 Å². The van der Waals surface area contributed by atoms with Gasteiger partial charge in [-0.05, 0) is 26.0 Å². The summed E-state index contributed by atoms with van der Waals surface area (Å²) in [5, 5.41) is 6.98. The van der Waals surface area contributed by atoms with Crippen molar-refractivity contribution in [3.05, 3.63) is 12.2 Å². The zero-order valence-electron chi connectivity index (χ0n) is 5.89. The predicted octanol–water partition coefficient (Wildman–Crippen LogP) is 2.31. The Kier molecular flexibility index (Phi) is 9.56. The summed E-state index contributed by atoms with van der Waals surface area (Å²) in [6.07, 6.45) is 5.18. The van der Waals surface area contributed by atoms with Gasteiger partial charge in [0.25, 0.3) is 0 Å². The van der Waals surface area contributed by atoms with E-state index in [9.17, 15) is 0 Å². The van der Waals surface area contributed by atoms with E-state index in [0.29, 0.717) is 5.71 Å². The van der Waals surface area contributed by atoms with Gasteiger partial charge >= 0.3 is 0 Å². The molecule has 0 saturated carbocycles. The molecule has 0 radical (unpaired) electrons. The highest BCUT2D eigenvalue weighted by Gasteiger charge is 1.70. The number of rotatable bonds is 3. The van der Waals surface area contributed by atoms with Gasteiger partial charge in [0.2, 0.25) is 0 Å². The molecule has 0 spiro atoms.